The molecule has 1 aliphatic rings. The van der Waals surface area contributed by atoms with E-state index in [2.05, 4.69) is 0 Å². The smallest absolute Gasteiger partial charge is 0.341 e. The number of benzene rings is 3. The fourth-order valence-corrected chi connectivity index (χ4v) is 3.78. The summed E-state index contributed by atoms with van der Waals surface area (Å²) in [4.78, 5) is 24.3. The van der Waals surface area contributed by atoms with E-state index >= 15 is 0 Å². The Morgan fingerprint density at radius 1 is 1.00 bits per heavy atom. The standard InChI is InChI=1S/C25H23FO6/c1-29-22-13-21(26)23(12-20(22)25(28)30-2)32-18-10-17(11-18)24(27)31-14-16-8-5-7-15-6-3-4-9-19(15)16/h3-9,12-13,17-18H,10-11,14H2,1-2H3. The molecule has 166 valence electrons. The van der Waals surface area contributed by atoms with Crippen LogP contribution in [0.5, 0.6) is 11.5 Å². The van der Waals surface area contributed by atoms with Gasteiger partial charge in [0.2, 0.25) is 0 Å². The summed E-state index contributed by atoms with van der Waals surface area (Å²) in [5.41, 5.74) is 1.01. The number of carbonyl (C=O) groups is 2. The molecule has 0 bridgehead atoms. The molecular formula is C25H23FO6. The minimum atomic E-state index is -0.657. The second-order valence-corrected chi connectivity index (χ2v) is 7.63. The lowest BCUT2D eigenvalue weighted by molar-refractivity contribution is -0.156. The lowest BCUT2D eigenvalue weighted by Crippen LogP contribution is -2.39. The Kier molecular flexibility index (Phi) is 6.25. The Bertz CT molecular complexity index is 1150. The third kappa shape index (κ3) is 4.37. The fraction of sp³-hybridized carbons (Fsp3) is 0.280. The van der Waals surface area contributed by atoms with Gasteiger partial charge in [-0.1, -0.05) is 42.5 Å². The lowest BCUT2D eigenvalue weighted by Gasteiger charge is -2.33. The average Bonchev–Trinajstić information content (AvgIpc) is 2.79. The van der Waals surface area contributed by atoms with Gasteiger partial charge in [0.1, 0.15) is 24.0 Å². The van der Waals surface area contributed by atoms with Crippen molar-refractivity contribution in [1.29, 1.82) is 0 Å². The van der Waals surface area contributed by atoms with Gasteiger partial charge in [-0.05, 0) is 29.2 Å². The van der Waals surface area contributed by atoms with E-state index in [4.69, 9.17) is 18.9 Å². The van der Waals surface area contributed by atoms with Crippen LogP contribution in [-0.4, -0.2) is 32.3 Å². The number of ether oxygens (including phenoxy) is 4. The maximum atomic E-state index is 14.3. The number of hydrogen-bond acceptors (Lipinski definition) is 6. The normalized spacial score (nSPS) is 17.3. The zero-order valence-electron chi connectivity index (χ0n) is 17.8. The highest BCUT2D eigenvalue weighted by atomic mass is 19.1. The molecule has 0 atom stereocenters. The predicted octanol–water partition coefficient (Wildman–Crippen LogP) is 4.67. The zero-order chi connectivity index (χ0) is 22.7. The second-order valence-electron chi connectivity index (χ2n) is 7.63. The van der Waals surface area contributed by atoms with Crippen LogP contribution in [-0.2, 0) is 20.9 Å². The van der Waals surface area contributed by atoms with Gasteiger partial charge in [-0.2, -0.15) is 0 Å². The number of hydrogen-bond donors (Lipinski definition) is 0. The second kappa shape index (κ2) is 9.26. The van der Waals surface area contributed by atoms with Crippen LogP contribution in [0.15, 0.2) is 54.6 Å². The van der Waals surface area contributed by atoms with Gasteiger partial charge in [0, 0.05) is 12.1 Å². The highest BCUT2D eigenvalue weighted by Gasteiger charge is 2.38. The van der Waals surface area contributed by atoms with Crippen molar-refractivity contribution >= 4 is 22.7 Å². The molecule has 0 radical (unpaired) electrons. The molecule has 1 aliphatic carbocycles. The number of halogens is 1. The Morgan fingerprint density at radius 2 is 1.75 bits per heavy atom. The van der Waals surface area contributed by atoms with Crippen molar-refractivity contribution in [2.45, 2.75) is 25.6 Å². The van der Waals surface area contributed by atoms with Gasteiger partial charge < -0.3 is 18.9 Å². The van der Waals surface area contributed by atoms with Crippen molar-refractivity contribution < 1.29 is 32.9 Å². The number of methoxy groups -OCH3 is 2. The Labute approximate surface area is 184 Å². The van der Waals surface area contributed by atoms with Crippen LogP contribution in [0.2, 0.25) is 0 Å². The van der Waals surface area contributed by atoms with Crippen molar-refractivity contribution in [3.63, 3.8) is 0 Å². The molecule has 0 aliphatic heterocycles. The average molecular weight is 438 g/mol. The highest BCUT2D eigenvalue weighted by molar-refractivity contribution is 5.93. The van der Waals surface area contributed by atoms with Gasteiger partial charge in [0.25, 0.3) is 0 Å². The Morgan fingerprint density at radius 3 is 2.50 bits per heavy atom. The monoisotopic (exact) mass is 438 g/mol. The van der Waals surface area contributed by atoms with Crippen LogP contribution >= 0.6 is 0 Å². The van der Waals surface area contributed by atoms with E-state index in [1.54, 1.807) is 0 Å². The van der Waals surface area contributed by atoms with Crippen LogP contribution in [0, 0.1) is 11.7 Å². The molecule has 4 rings (SSSR count). The first-order valence-electron chi connectivity index (χ1n) is 10.3. The molecule has 0 heterocycles. The van der Waals surface area contributed by atoms with Gasteiger partial charge >= 0.3 is 11.9 Å². The van der Waals surface area contributed by atoms with E-state index in [1.807, 2.05) is 42.5 Å². The molecule has 3 aromatic rings. The molecular weight excluding hydrogens is 415 g/mol. The van der Waals surface area contributed by atoms with Gasteiger partial charge in [0.05, 0.1) is 20.1 Å². The Balaban J connectivity index is 1.34. The van der Waals surface area contributed by atoms with Crippen molar-refractivity contribution in [3.05, 3.63) is 71.5 Å². The maximum Gasteiger partial charge on any atom is 0.341 e. The molecule has 0 saturated heterocycles. The molecule has 1 saturated carbocycles. The van der Waals surface area contributed by atoms with Crippen LogP contribution < -0.4 is 9.47 Å². The predicted molar refractivity (Wildman–Crippen MR) is 115 cm³/mol. The third-order valence-electron chi connectivity index (χ3n) is 5.63. The first-order valence-corrected chi connectivity index (χ1v) is 10.3. The van der Waals surface area contributed by atoms with Crippen LogP contribution in [0.4, 0.5) is 4.39 Å². The minimum absolute atomic E-state index is 0.0604. The van der Waals surface area contributed by atoms with E-state index in [9.17, 15) is 14.0 Å². The quantitative estimate of drug-likeness (QED) is 0.499. The summed E-state index contributed by atoms with van der Waals surface area (Å²) in [5.74, 6) is -1.95. The van der Waals surface area contributed by atoms with Gasteiger partial charge in [-0.25, -0.2) is 9.18 Å². The molecule has 6 nitrogen and oxygen atoms in total. The topological polar surface area (TPSA) is 71.1 Å². The van der Waals surface area contributed by atoms with Crippen molar-refractivity contribution in [2.24, 2.45) is 5.92 Å². The van der Waals surface area contributed by atoms with Crippen molar-refractivity contribution in [3.8, 4) is 11.5 Å². The number of rotatable bonds is 7. The first kappa shape index (κ1) is 21.6. The molecule has 0 spiro atoms. The fourth-order valence-electron chi connectivity index (χ4n) is 3.78. The van der Waals surface area contributed by atoms with Crippen molar-refractivity contribution in [1.82, 2.24) is 0 Å². The summed E-state index contributed by atoms with van der Waals surface area (Å²) < 4.78 is 35.3. The van der Waals surface area contributed by atoms with E-state index in [0.29, 0.717) is 12.8 Å². The Hall–Kier alpha value is -3.61. The third-order valence-corrected chi connectivity index (χ3v) is 5.63. The van der Waals surface area contributed by atoms with E-state index in [1.165, 1.54) is 20.3 Å². The largest absolute Gasteiger partial charge is 0.496 e. The molecule has 1 fully saturated rings. The summed E-state index contributed by atoms with van der Waals surface area (Å²) in [6.07, 6.45) is 0.472. The molecule has 0 amide bonds. The van der Waals surface area contributed by atoms with Crippen LogP contribution in [0.3, 0.4) is 0 Å². The first-order chi connectivity index (χ1) is 15.5. The minimum Gasteiger partial charge on any atom is -0.496 e. The molecule has 7 heteroatoms. The van der Waals surface area contributed by atoms with Crippen LogP contribution in [0.1, 0.15) is 28.8 Å². The van der Waals surface area contributed by atoms with Gasteiger partial charge in [0.15, 0.2) is 11.6 Å². The van der Waals surface area contributed by atoms with Gasteiger partial charge in [-0.3, -0.25) is 4.79 Å². The van der Waals surface area contributed by atoms with E-state index in [0.717, 1.165) is 22.4 Å². The van der Waals surface area contributed by atoms with Crippen molar-refractivity contribution in [2.75, 3.05) is 14.2 Å². The van der Waals surface area contributed by atoms with E-state index < -0.39 is 11.8 Å². The highest BCUT2D eigenvalue weighted by Crippen LogP contribution is 2.36. The van der Waals surface area contributed by atoms with Gasteiger partial charge in [-0.15, -0.1) is 0 Å². The number of carbonyl (C=O) groups excluding carboxylic acids is 2. The molecule has 0 aromatic heterocycles. The summed E-state index contributed by atoms with van der Waals surface area (Å²) in [5, 5.41) is 2.14. The maximum absolute atomic E-state index is 14.3. The lowest BCUT2D eigenvalue weighted by atomic mass is 9.82. The summed E-state index contributed by atoms with van der Waals surface area (Å²) >= 11 is 0. The molecule has 0 unspecified atom stereocenters. The summed E-state index contributed by atoms with van der Waals surface area (Å²) in [6, 6.07) is 16.1. The molecule has 3 aromatic carbocycles. The SMILES string of the molecule is COC(=O)c1cc(OC2CC(C(=O)OCc3cccc4ccccc34)C2)c(F)cc1OC. The number of esters is 2. The zero-order valence-corrected chi connectivity index (χ0v) is 17.8. The molecule has 0 N–H and O–H groups in total. The summed E-state index contributed by atoms with van der Waals surface area (Å²) in [7, 11) is 2.56. The van der Waals surface area contributed by atoms with E-state index in [-0.39, 0.29) is 41.7 Å². The van der Waals surface area contributed by atoms with Crippen LogP contribution in [0.25, 0.3) is 10.8 Å². The molecule has 32 heavy (non-hydrogen) atoms. The number of fused-ring (bicyclic) bond motifs is 1. The summed E-state index contributed by atoms with van der Waals surface area (Å²) in [6.45, 7) is 0.192.